The lowest BCUT2D eigenvalue weighted by Gasteiger charge is -2.17. The molecule has 0 aliphatic carbocycles. The maximum atomic E-state index is 8.88. The van der Waals surface area contributed by atoms with Gasteiger partial charge >= 0.3 is 0 Å². The number of nitrogens with two attached hydrogens (primary N) is 1. The molecule has 0 saturated heterocycles. The van der Waals surface area contributed by atoms with E-state index in [0.717, 1.165) is 5.69 Å². The van der Waals surface area contributed by atoms with Crippen molar-refractivity contribution in [3.8, 4) is 0 Å². The monoisotopic (exact) mass is 155 g/mol. The van der Waals surface area contributed by atoms with Gasteiger partial charge in [0.05, 0.1) is 17.8 Å². The van der Waals surface area contributed by atoms with Crippen molar-refractivity contribution in [2.45, 2.75) is 19.4 Å². The second kappa shape index (κ2) is 2.64. The summed E-state index contributed by atoms with van der Waals surface area (Å²) >= 11 is 0. The summed E-state index contributed by atoms with van der Waals surface area (Å²) in [5, 5.41) is 15.6. The molecule has 0 spiro atoms. The molecule has 0 fully saturated rings. The first-order valence-corrected chi connectivity index (χ1v) is 3.48. The van der Waals surface area contributed by atoms with Crippen molar-refractivity contribution in [2.75, 3.05) is 6.61 Å². The van der Waals surface area contributed by atoms with Crippen molar-refractivity contribution in [2.24, 2.45) is 5.73 Å². The maximum absolute atomic E-state index is 8.88. The number of aromatic amines is 1. The van der Waals surface area contributed by atoms with E-state index in [1.165, 1.54) is 0 Å². The van der Waals surface area contributed by atoms with Gasteiger partial charge in [0.15, 0.2) is 0 Å². The van der Waals surface area contributed by atoms with Crippen LogP contribution in [0.5, 0.6) is 0 Å². The predicted molar refractivity (Wildman–Crippen MR) is 41.9 cm³/mol. The highest BCUT2D eigenvalue weighted by Gasteiger charge is 2.22. The van der Waals surface area contributed by atoms with Gasteiger partial charge in [0.25, 0.3) is 0 Å². The zero-order valence-corrected chi connectivity index (χ0v) is 6.76. The molecule has 1 unspecified atom stereocenters. The number of aromatic nitrogens is 2. The third kappa shape index (κ3) is 1.58. The van der Waals surface area contributed by atoms with Crippen LogP contribution in [0.15, 0.2) is 6.07 Å². The van der Waals surface area contributed by atoms with Crippen LogP contribution in [0.4, 0.5) is 0 Å². The molecule has 0 bridgehead atoms. The average Bonchev–Trinajstić information content (AvgIpc) is 2.36. The van der Waals surface area contributed by atoms with Gasteiger partial charge in [-0.3, -0.25) is 5.10 Å². The third-order valence-electron chi connectivity index (χ3n) is 1.62. The topological polar surface area (TPSA) is 74.9 Å². The minimum absolute atomic E-state index is 0.0999. The minimum atomic E-state index is -0.731. The van der Waals surface area contributed by atoms with E-state index in [2.05, 4.69) is 10.2 Å². The largest absolute Gasteiger partial charge is 0.394 e. The lowest BCUT2D eigenvalue weighted by atomic mass is 10.0. The molecule has 0 saturated carbocycles. The molecule has 11 heavy (non-hydrogen) atoms. The summed E-state index contributed by atoms with van der Waals surface area (Å²) in [5.41, 5.74) is 6.63. The van der Waals surface area contributed by atoms with Crippen molar-refractivity contribution < 1.29 is 5.11 Å². The van der Waals surface area contributed by atoms with Gasteiger partial charge in [-0.2, -0.15) is 5.10 Å². The number of H-pyrrole nitrogens is 1. The van der Waals surface area contributed by atoms with E-state index in [1.807, 2.05) is 13.0 Å². The van der Waals surface area contributed by atoms with Crippen LogP contribution in [-0.2, 0) is 5.54 Å². The van der Waals surface area contributed by atoms with E-state index >= 15 is 0 Å². The second-order valence-electron chi connectivity index (χ2n) is 3.01. The Hall–Kier alpha value is -0.870. The summed E-state index contributed by atoms with van der Waals surface area (Å²) in [5.74, 6) is 0. The van der Waals surface area contributed by atoms with Crippen LogP contribution >= 0.6 is 0 Å². The number of aliphatic hydroxyl groups is 1. The van der Waals surface area contributed by atoms with Crippen molar-refractivity contribution in [3.05, 3.63) is 17.5 Å². The maximum Gasteiger partial charge on any atom is 0.0844 e. The highest BCUT2D eigenvalue weighted by Crippen LogP contribution is 2.14. The molecular formula is C7H13N3O. The zero-order valence-electron chi connectivity index (χ0n) is 6.76. The molecule has 1 aromatic rings. The molecule has 0 radical (unpaired) electrons. The molecular weight excluding hydrogens is 142 g/mol. The Morgan fingerprint density at radius 2 is 2.45 bits per heavy atom. The Morgan fingerprint density at radius 3 is 2.82 bits per heavy atom. The molecule has 1 aromatic heterocycles. The molecule has 4 heteroatoms. The Labute approximate surface area is 65.4 Å². The molecule has 62 valence electrons. The summed E-state index contributed by atoms with van der Waals surface area (Å²) in [6.07, 6.45) is 0. The van der Waals surface area contributed by atoms with Crippen molar-refractivity contribution in [1.82, 2.24) is 10.2 Å². The third-order valence-corrected chi connectivity index (χ3v) is 1.62. The predicted octanol–water partition coefficient (Wildman–Crippen LogP) is -0.116. The van der Waals surface area contributed by atoms with Gasteiger partial charge in [-0.25, -0.2) is 0 Å². The summed E-state index contributed by atoms with van der Waals surface area (Å²) in [6, 6.07) is 1.83. The van der Waals surface area contributed by atoms with Crippen molar-refractivity contribution >= 4 is 0 Å². The number of nitrogens with one attached hydrogen (secondary N) is 1. The van der Waals surface area contributed by atoms with Crippen LogP contribution in [0.3, 0.4) is 0 Å². The normalized spacial score (nSPS) is 16.4. The second-order valence-corrected chi connectivity index (χ2v) is 3.01. The number of aliphatic hydroxyl groups excluding tert-OH is 1. The quantitative estimate of drug-likeness (QED) is 0.557. The molecule has 0 aliphatic rings. The summed E-state index contributed by atoms with van der Waals surface area (Å²) in [4.78, 5) is 0. The van der Waals surface area contributed by atoms with E-state index in [9.17, 15) is 0 Å². The van der Waals surface area contributed by atoms with Crippen molar-refractivity contribution in [1.29, 1.82) is 0 Å². The molecule has 0 amide bonds. The fourth-order valence-corrected chi connectivity index (χ4v) is 0.792. The number of nitrogens with zero attached hydrogens (tertiary/aromatic N) is 1. The standard InChI is InChI=1S/C7H13N3O/c1-5-3-6(10-9-5)7(2,8)4-11/h3,11H,4,8H2,1-2H3,(H,9,10). The van der Waals surface area contributed by atoms with E-state index in [0.29, 0.717) is 5.69 Å². The summed E-state index contributed by atoms with van der Waals surface area (Å²) < 4.78 is 0. The summed E-state index contributed by atoms with van der Waals surface area (Å²) in [6.45, 7) is 3.53. The Morgan fingerprint density at radius 1 is 1.82 bits per heavy atom. The summed E-state index contributed by atoms with van der Waals surface area (Å²) in [7, 11) is 0. The SMILES string of the molecule is Cc1cc(C(C)(N)CO)n[nH]1. The highest BCUT2D eigenvalue weighted by molar-refractivity contribution is 5.15. The number of hydrogen-bond donors (Lipinski definition) is 3. The molecule has 4 nitrogen and oxygen atoms in total. The van der Waals surface area contributed by atoms with Crippen molar-refractivity contribution in [3.63, 3.8) is 0 Å². The van der Waals surface area contributed by atoms with Gasteiger partial charge in [-0.15, -0.1) is 0 Å². The Balaban J connectivity index is 2.92. The lowest BCUT2D eigenvalue weighted by Crippen LogP contribution is -2.37. The van der Waals surface area contributed by atoms with Crippen LogP contribution in [0, 0.1) is 6.92 Å². The van der Waals surface area contributed by atoms with Crippen LogP contribution in [-0.4, -0.2) is 21.9 Å². The van der Waals surface area contributed by atoms with Crippen LogP contribution in [0.25, 0.3) is 0 Å². The molecule has 4 N–H and O–H groups in total. The molecule has 1 heterocycles. The Kier molecular flexibility index (Phi) is 1.97. The van der Waals surface area contributed by atoms with Gasteiger partial charge in [-0.1, -0.05) is 0 Å². The van der Waals surface area contributed by atoms with E-state index in [-0.39, 0.29) is 6.61 Å². The fourth-order valence-electron chi connectivity index (χ4n) is 0.792. The lowest BCUT2D eigenvalue weighted by molar-refractivity contribution is 0.206. The minimum Gasteiger partial charge on any atom is -0.394 e. The van der Waals surface area contributed by atoms with Gasteiger partial charge in [0, 0.05) is 5.69 Å². The highest BCUT2D eigenvalue weighted by atomic mass is 16.3. The average molecular weight is 155 g/mol. The smallest absolute Gasteiger partial charge is 0.0844 e. The first-order chi connectivity index (χ1) is 5.06. The van der Waals surface area contributed by atoms with Crippen LogP contribution < -0.4 is 5.73 Å². The number of rotatable bonds is 2. The van der Waals surface area contributed by atoms with E-state index < -0.39 is 5.54 Å². The number of aryl methyl sites for hydroxylation is 1. The van der Waals surface area contributed by atoms with E-state index in [1.54, 1.807) is 6.92 Å². The van der Waals surface area contributed by atoms with Crippen LogP contribution in [0.2, 0.25) is 0 Å². The first kappa shape index (κ1) is 8.23. The number of hydrogen-bond acceptors (Lipinski definition) is 3. The van der Waals surface area contributed by atoms with Gasteiger partial charge in [0.2, 0.25) is 0 Å². The van der Waals surface area contributed by atoms with Gasteiger partial charge < -0.3 is 10.8 Å². The van der Waals surface area contributed by atoms with Crippen LogP contribution in [0.1, 0.15) is 18.3 Å². The molecule has 1 atom stereocenters. The van der Waals surface area contributed by atoms with E-state index in [4.69, 9.17) is 10.8 Å². The zero-order chi connectivity index (χ0) is 8.48. The molecule has 0 aliphatic heterocycles. The first-order valence-electron chi connectivity index (χ1n) is 3.48. The molecule has 0 aromatic carbocycles. The van der Waals surface area contributed by atoms with Gasteiger partial charge in [-0.05, 0) is 19.9 Å². The molecule has 1 rings (SSSR count). The Bertz CT molecular complexity index is 242. The fraction of sp³-hybridized carbons (Fsp3) is 0.571. The van der Waals surface area contributed by atoms with Gasteiger partial charge in [0.1, 0.15) is 0 Å².